The van der Waals surface area contributed by atoms with Gasteiger partial charge in [0.2, 0.25) is 11.5 Å². The standard InChI is InChI=1S/C15H14N4OS/c1-9-12-6-7-13(20)18-14(12)19-15(16-9)17-10-4-3-5-11(8-10)21-2/h3-8H,1-2H3,(H2,16,17,18,19,20). The van der Waals surface area contributed by atoms with Crippen LogP contribution in [-0.2, 0) is 0 Å². The molecular formula is C15H14N4OS. The number of H-pyrrole nitrogens is 1. The van der Waals surface area contributed by atoms with Gasteiger partial charge in [-0.05, 0) is 37.4 Å². The largest absolute Gasteiger partial charge is 0.324 e. The Labute approximate surface area is 125 Å². The zero-order chi connectivity index (χ0) is 14.8. The molecule has 0 spiro atoms. The van der Waals surface area contributed by atoms with Crippen molar-refractivity contribution < 1.29 is 0 Å². The van der Waals surface area contributed by atoms with Crippen molar-refractivity contribution >= 4 is 34.4 Å². The van der Waals surface area contributed by atoms with Crippen molar-refractivity contribution in [1.82, 2.24) is 15.0 Å². The fourth-order valence-electron chi connectivity index (χ4n) is 2.08. The van der Waals surface area contributed by atoms with E-state index in [4.69, 9.17) is 0 Å². The molecule has 1 aromatic carbocycles. The van der Waals surface area contributed by atoms with Crippen molar-refractivity contribution in [2.45, 2.75) is 11.8 Å². The van der Waals surface area contributed by atoms with Crippen molar-refractivity contribution in [3.63, 3.8) is 0 Å². The van der Waals surface area contributed by atoms with Crippen LogP contribution in [0.2, 0.25) is 0 Å². The molecule has 0 saturated heterocycles. The van der Waals surface area contributed by atoms with Gasteiger partial charge in [0, 0.05) is 22.0 Å². The number of pyridine rings is 1. The van der Waals surface area contributed by atoms with Crippen LogP contribution in [0.3, 0.4) is 0 Å². The summed E-state index contributed by atoms with van der Waals surface area (Å²) < 4.78 is 0. The third-order valence-electron chi connectivity index (χ3n) is 3.11. The van der Waals surface area contributed by atoms with Gasteiger partial charge in [-0.2, -0.15) is 4.98 Å². The summed E-state index contributed by atoms with van der Waals surface area (Å²) in [5.41, 5.74) is 2.10. The van der Waals surface area contributed by atoms with Crippen LogP contribution in [0.15, 0.2) is 46.1 Å². The number of nitrogens with zero attached hydrogens (tertiary/aromatic N) is 2. The number of hydrogen-bond donors (Lipinski definition) is 2. The van der Waals surface area contributed by atoms with E-state index in [-0.39, 0.29) is 5.56 Å². The Morgan fingerprint density at radius 3 is 2.86 bits per heavy atom. The van der Waals surface area contributed by atoms with Gasteiger partial charge in [0.05, 0.1) is 5.69 Å². The molecule has 21 heavy (non-hydrogen) atoms. The molecule has 106 valence electrons. The quantitative estimate of drug-likeness (QED) is 0.727. The van der Waals surface area contributed by atoms with Crippen molar-refractivity contribution in [3.05, 3.63) is 52.4 Å². The zero-order valence-electron chi connectivity index (χ0n) is 11.7. The van der Waals surface area contributed by atoms with Crippen molar-refractivity contribution in [1.29, 1.82) is 0 Å². The molecule has 0 bridgehead atoms. The summed E-state index contributed by atoms with van der Waals surface area (Å²) in [7, 11) is 0. The molecule has 0 aliphatic carbocycles. The second-order valence-electron chi connectivity index (χ2n) is 4.57. The van der Waals surface area contributed by atoms with E-state index in [0.29, 0.717) is 11.6 Å². The fraction of sp³-hybridized carbons (Fsp3) is 0.133. The zero-order valence-corrected chi connectivity index (χ0v) is 12.5. The number of fused-ring (bicyclic) bond motifs is 1. The number of rotatable bonds is 3. The summed E-state index contributed by atoms with van der Waals surface area (Å²) in [5.74, 6) is 0.472. The third kappa shape index (κ3) is 2.90. The van der Waals surface area contributed by atoms with Gasteiger partial charge in [-0.1, -0.05) is 6.07 Å². The lowest BCUT2D eigenvalue weighted by Crippen LogP contribution is -2.07. The highest BCUT2D eigenvalue weighted by Crippen LogP contribution is 2.22. The maximum atomic E-state index is 11.4. The number of thioether (sulfide) groups is 1. The number of nitrogens with one attached hydrogen (secondary N) is 2. The molecule has 0 fully saturated rings. The second kappa shape index (κ2) is 5.57. The van der Waals surface area contributed by atoms with E-state index >= 15 is 0 Å². The molecule has 0 atom stereocenters. The van der Waals surface area contributed by atoms with Crippen molar-refractivity contribution in [3.8, 4) is 0 Å². The Kier molecular flexibility index (Phi) is 3.62. The maximum Gasteiger partial charge on any atom is 0.249 e. The Balaban J connectivity index is 2.02. The van der Waals surface area contributed by atoms with E-state index in [0.717, 1.165) is 21.7 Å². The molecule has 5 nitrogen and oxygen atoms in total. The van der Waals surface area contributed by atoms with Crippen LogP contribution < -0.4 is 10.9 Å². The molecule has 3 aromatic rings. The van der Waals surface area contributed by atoms with Crippen LogP contribution >= 0.6 is 11.8 Å². The first kappa shape index (κ1) is 13.6. The summed E-state index contributed by atoms with van der Waals surface area (Å²) in [4.78, 5) is 24.1. The minimum absolute atomic E-state index is 0.170. The van der Waals surface area contributed by atoms with E-state index in [9.17, 15) is 4.79 Å². The number of aromatic amines is 1. The predicted molar refractivity (Wildman–Crippen MR) is 86.4 cm³/mol. The van der Waals surface area contributed by atoms with Crippen molar-refractivity contribution in [2.24, 2.45) is 0 Å². The average Bonchev–Trinajstić information content (AvgIpc) is 2.47. The lowest BCUT2D eigenvalue weighted by Gasteiger charge is -2.08. The lowest BCUT2D eigenvalue weighted by atomic mass is 10.2. The number of aryl methyl sites for hydroxylation is 1. The Bertz CT molecular complexity index is 860. The van der Waals surface area contributed by atoms with Gasteiger partial charge >= 0.3 is 0 Å². The molecule has 2 heterocycles. The van der Waals surface area contributed by atoms with Crippen molar-refractivity contribution in [2.75, 3.05) is 11.6 Å². The maximum absolute atomic E-state index is 11.4. The number of aromatic nitrogens is 3. The van der Waals surface area contributed by atoms with Crippen LogP contribution in [-0.4, -0.2) is 21.2 Å². The van der Waals surface area contributed by atoms with Gasteiger partial charge in [0.1, 0.15) is 5.65 Å². The molecule has 0 amide bonds. The van der Waals surface area contributed by atoms with Crippen LogP contribution in [0.5, 0.6) is 0 Å². The summed E-state index contributed by atoms with van der Waals surface area (Å²) in [6.45, 7) is 1.89. The molecule has 0 aliphatic rings. The summed E-state index contributed by atoms with van der Waals surface area (Å²) in [5, 5.41) is 4.02. The first-order chi connectivity index (χ1) is 10.2. The van der Waals surface area contributed by atoms with Gasteiger partial charge in [-0.25, -0.2) is 4.98 Å². The van der Waals surface area contributed by atoms with Gasteiger partial charge < -0.3 is 10.3 Å². The van der Waals surface area contributed by atoms with E-state index in [1.54, 1.807) is 17.8 Å². The predicted octanol–water partition coefficient (Wildman–Crippen LogP) is 3.09. The molecule has 2 N–H and O–H groups in total. The SMILES string of the molecule is CSc1cccc(Nc2nc(C)c3ccc(=O)[nH]c3n2)c1. The topological polar surface area (TPSA) is 70.7 Å². The number of benzene rings is 1. The van der Waals surface area contributed by atoms with Gasteiger partial charge in [-0.15, -0.1) is 11.8 Å². The van der Waals surface area contributed by atoms with Crippen LogP contribution in [0.25, 0.3) is 11.0 Å². The fourth-order valence-corrected chi connectivity index (χ4v) is 2.54. The number of hydrogen-bond acceptors (Lipinski definition) is 5. The van der Waals surface area contributed by atoms with E-state index < -0.39 is 0 Å². The molecule has 0 unspecified atom stereocenters. The van der Waals surface area contributed by atoms with Crippen LogP contribution in [0, 0.1) is 6.92 Å². The third-order valence-corrected chi connectivity index (χ3v) is 3.83. The molecule has 3 rings (SSSR count). The number of anilines is 2. The highest BCUT2D eigenvalue weighted by molar-refractivity contribution is 7.98. The van der Waals surface area contributed by atoms with Crippen LogP contribution in [0.4, 0.5) is 11.6 Å². The molecule has 0 radical (unpaired) electrons. The highest BCUT2D eigenvalue weighted by atomic mass is 32.2. The summed E-state index contributed by atoms with van der Waals surface area (Å²) in [6.07, 6.45) is 2.03. The highest BCUT2D eigenvalue weighted by Gasteiger charge is 2.06. The van der Waals surface area contributed by atoms with Gasteiger partial charge in [-0.3, -0.25) is 4.79 Å². The molecule has 2 aromatic heterocycles. The lowest BCUT2D eigenvalue weighted by molar-refractivity contribution is 1.12. The normalized spacial score (nSPS) is 10.8. The summed E-state index contributed by atoms with van der Waals surface area (Å²) in [6, 6.07) is 11.2. The Morgan fingerprint density at radius 1 is 1.19 bits per heavy atom. The molecule has 6 heteroatoms. The monoisotopic (exact) mass is 298 g/mol. The first-order valence-electron chi connectivity index (χ1n) is 6.44. The van der Waals surface area contributed by atoms with Crippen LogP contribution in [0.1, 0.15) is 5.69 Å². The summed E-state index contributed by atoms with van der Waals surface area (Å²) >= 11 is 1.67. The minimum atomic E-state index is -0.170. The van der Waals surface area contributed by atoms with Gasteiger partial charge in [0.15, 0.2) is 0 Å². The smallest absolute Gasteiger partial charge is 0.249 e. The van der Waals surface area contributed by atoms with E-state index in [1.165, 1.54) is 6.07 Å². The second-order valence-corrected chi connectivity index (χ2v) is 5.45. The first-order valence-corrected chi connectivity index (χ1v) is 7.67. The average molecular weight is 298 g/mol. The van der Waals surface area contributed by atoms with E-state index in [2.05, 4.69) is 20.3 Å². The molecule has 0 saturated carbocycles. The van der Waals surface area contributed by atoms with E-state index in [1.807, 2.05) is 37.4 Å². The minimum Gasteiger partial charge on any atom is -0.324 e. The Hall–Kier alpha value is -2.34. The molecule has 0 aliphatic heterocycles. The van der Waals surface area contributed by atoms with Gasteiger partial charge in [0.25, 0.3) is 0 Å². The molecular weight excluding hydrogens is 284 g/mol. The Morgan fingerprint density at radius 2 is 2.05 bits per heavy atom.